The molecule has 3 fully saturated rings. The molecule has 6 rings (SSSR count). The second-order valence-corrected chi connectivity index (χ2v) is 10.9. The lowest BCUT2D eigenvalue weighted by atomic mass is 9.73. The van der Waals surface area contributed by atoms with Gasteiger partial charge in [0.15, 0.2) is 0 Å². The molecule has 2 saturated heterocycles. The highest BCUT2D eigenvalue weighted by Gasteiger charge is 2.60. The van der Waals surface area contributed by atoms with Gasteiger partial charge >= 0.3 is 6.18 Å². The number of halogens is 3. The Hall–Kier alpha value is -2.48. The van der Waals surface area contributed by atoms with Crippen molar-refractivity contribution in [3.63, 3.8) is 0 Å². The van der Waals surface area contributed by atoms with Gasteiger partial charge in [0.2, 0.25) is 5.91 Å². The van der Waals surface area contributed by atoms with E-state index in [0.717, 1.165) is 56.6 Å². The predicted molar refractivity (Wildman–Crippen MR) is 124 cm³/mol. The maximum absolute atomic E-state index is 13.8. The third-order valence-electron chi connectivity index (χ3n) is 9.36. The molecule has 4 unspecified atom stereocenters. The Labute approximate surface area is 203 Å². The Kier molecular flexibility index (Phi) is 5.43. The Morgan fingerprint density at radius 2 is 1.80 bits per heavy atom. The third kappa shape index (κ3) is 3.76. The number of rotatable bonds is 2. The standard InChI is InChI=1S/C27H31F3N4O/c1-17-23-14-19-3-4-21(27(28,29)30)13-20(19)16-34(23)25(35)26(17)8-5-22(15-26)33-11-6-18(7-12-33)24-31-9-2-10-32-24/h2-4,9-10,13,17-18,22-23H,5-8,11-12,14-16H2,1H3. The van der Waals surface area contributed by atoms with Gasteiger partial charge in [-0.15, -0.1) is 0 Å². The number of benzene rings is 1. The maximum atomic E-state index is 13.8. The van der Waals surface area contributed by atoms with Crippen molar-refractivity contribution in [1.29, 1.82) is 0 Å². The van der Waals surface area contributed by atoms with Crippen molar-refractivity contribution in [1.82, 2.24) is 19.8 Å². The molecule has 3 aliphatic heterocycles. The van der Waals surface area contributed by atoms with Crippen LogP contribution in [0.25, 0.3) is 0 Å². The monoisotopic (exact) mass is 484 g/mol. The molecule has 5 nitrogen and oxygen atoms in total. The van der Waals surface area contributed by atoms with Crippen molar-refractivity contribution in [2.45, 2.75) is 76.2 Å². The van der Waals surface area contributed by atoms with Crippen LogP contribution in [-0.4, -0.2) is 50.8 Å². The van der Waals surface area contributed by atoms with Crippen molar-refractivity contribution >= 4 is 5.91 Å². The summed E-state index contributed by atoms with van der Waals surface area (Å²) in [7, 11) is 0. The molecule has 1 aromatic carbocycles. The fourth-order valence-corrected chi connectivity index (χ4v) is 7.32. The van der Waals surface area contributed by atoms with Crippen LogP contribution >= 0.6 is 0 Å². The molecule has 2 aromatic rings. The van der Waals surface area contributed by atoms with Crippen molar-refractivity contribution in [3.8, 4) is 0 Å². The first-order valence-corrected chi connectivity index (χ1v) is 12.8. The molecular formula is C27H31F3N4O. The van der Waals surface area contributed by atoms with Gasteiger partial charge in [-0.3, -0.25) is 4.79 Å². The van der Waals surface area contributed by atoms with E-state index in [1.807, 2.05) is 11.0 Å². The van der Waals surface area contributed by atoms with E-state index < -0.39 is 11.7 Å². The van der Waals surface area contributed by atoms with E-state index in [0.29, 0.717) is 30.5 Å². The zero-order valence-corrected chi connectivity index (χ0v) is 20.0. The molecule has 8 heteroatoms. The first-order valence-electron chi connectivity index (χ1n) is 12.8. The van der Waals surface area contributed by atoms with Crippen LogP contribution in [0.2, 0.25) is 0 Å². The highest BCUT2D eigenvalue weighted by atomic mass is 19.4. The van der Waals surface area contributed by atoms with Crippen LogP contribution in [0.5, 0.6) is 0 Å². The molecular weight excluding hydrogens is 453 g/mol. The molecule has 35 heavy (non-hydrogen) atoms. The molecule has 1 amide bonds. The fourth-order valence-electron chi connectivity index (χ4n) is 7.32. The highest BCUT2D eigenvalue weighted by Crippen LogP contribution is 2.55. The molecule has 1 aliphatic carbocycles. The number of hydrogen-bond acceptors (Lipinski definition) is 4. The molecule has 4 heterocycles. The zero-order chi connectivity index (χ0) is 24.4. The second-order valence-electron chi connectivity index (χ2n) is 10.9. The summed E-state index contributed by atoms with van der Waals surface area (Å²) in [6.07, 6.45) is 4.69. The van der Waals surface area contributed by atoms with Gasteiger partial charge in [0, 0.05) is 36.9 Å². The van der Waals surface area contributed by atoms with Gasteiger partial charge in [-0.2, -0.15) is 13.2 Å². The van der Waals surface area contributed by atoms with Crippen LogP contribution in [0.4, 0.5) is 13.2 Å². The first kappa shape index (κ1) is 23.0. The Morgan fingerprint density at radius 3 is 2.51 bits per heavy atom. The van der Waals surface area contributed by atoms with E-state index in [-0.39, 0.29) is 23.3 Å². The van der Waals surface area contributed by atoms with Crippen molar-refractivity contribution < 1.29 is 18.0 Å². The third-order valence-corrected chi connectivity index (χ3v) is 9.36. The maximum Gasteiger partial charge on any atom is 0.416 e. The summed E-state index contributed by atoms with van der Waals surface area (Å²) >= 11 is 0. The van der Waals surface area contributed by atoms with Crippen LogP contribution in [0.3, 0.4) is 0 Å². The summed E-state index contributed by atoms with van der Waals surface area (Å²) in [4.78, 5) is 27.1. The smallest absolute Gasteiger partial charge is 0.334 e. The number of likely N-dealkylation sites (tertiary alicyclic amines) is 1. The van der Waals surface area contributed by atoms with Crippen LogP contribution in [0.1, 0.15) is 67.5 Å². The molecule has 1 aromatic heterocycles. The normalized spacial score (nSPS) is 31.7. The molecule has 1 saturated carbocycles. The number of amides is 1. The molecule has 0 radical (unpaired) electrons. The van der Waals surface area contributed by atoms with Crippen LogP contribution < -0.4 is 0 Å². The van der Waals surface area contributed by atoms with Gasteiger partial charge in [-0.25, -0.2) is 9.97 Å². The van der Waals surface area contributed by atoms with Gasteiger partial charge in [-0.05, 0) is 86.9 Å². The number of aromatic nitrogens is 2. The summed E-state index contributed by atoms with van der Waals surface area (Å²) in [5, 5.41) is 0. The number of alkyl halides is 3. The minimum Gasteiger partial charge on any atom is -0.334 e. The van der Waals surface area contributed by atoms with Gasteiger partial charge in [-0.1, -0.05) is 13.0 Å². The first-order chi connectivity index (χ1) is 16.8. The molecule has 186 valence electrons. The molecule has 4 atom stereocenters. The molecule has 0 bridgehead atoms. The Balaban J connectivity index is 1.16. The number of carbonyl (C=O) groups is 1. The minimum absolute atomic E-state index is 0.0754. The van der Waals surface area contributed by atoms with Crippen LogP contribution in [0, 0.1) is 11.3 Å². The quantitative estimate of drug-likeness (QED) is 0.614. The topological polar surface area (TPSA) is 49.3 Å². The highest BCUT2D eigenvalue weighted by molar-refractivity contribution is 5.87. The number of carbonyl (C=O) groups excluding carboxylic acids is 1. The summed E-state index contributed by atoms with van der Waals surface area (Å²) in [5.74, 6) is 1.68. The Morgan fingerprint density at radius 1 is 1.06 bits per heavy atom. The van der Waals surface area contributed by atoms with Crippen molar-refractivity contribution in [2.75, 3.05) is 13.1 Å². The number of piperidine rings is 1. The van der Waals surface area contributed by atoms with Gasteiger partial charge in [0.25, 0.3) is 0 Å². The summed E-state index contributed by atoms with van der Waals surface area (Å²) in [6, 6.07) is 6.35. The predicted octanol–water partition coefficient (Wildman–Crippen LogP) is 4.82. The van der Waals surface area contributed by atoms with E-state index in [1.165, 1.54) is 12.1 Å². The van der Waals surface area contributed by atoms with Crippen LogP contribution in [0.15, 0.2) is 36.7 Å². The van der Waals surface area contributed by atoms with E-state index in [2.05, 4.69) is 21.8 Å². The number of hydrogen-bond donors (Lipinski definition) is 0. The zero-order valence-electron chi connectivity index (χ0n) is 20.0. The lowest BCUT2D eigenvalue weighted by Crippen LogP contribution is -2.42. The van der Waals surface area contributed by atoms with Gasteiger partial charge in [0.05, 0.1) is 11.0 Å². The Bertz CT molecular complexity index is 1120. The second kappa shape index (κ2) is 8.29. The molecule has 1 spiro atoms. The van der Waals surface area contributed by atoms with E-state index in [4.69, 9.17) is 0 Å². The fraction of sp³-hybridized carbons (Fsp3) is 0.593. The largest absolute Gasteiger partial charge is 0.416 e. The van der Waals surface area contributed by atoms with E-state index in [1.54, 1.807) is 18.5 Å². The van der Waals surface area contributed by atoms with Crippen molar-refractivity contribution in [3.05, 3.63) is 59.2 Å². The lowest BCUT2D eigenvalue weighted by Gasteiger charge is -2.36. The van der Waals surface area contributed by atoms with Gasteiger partial charge < -0.3 is 9.80 Å². The molecule has 0 N–H and O–H groups in total. The average molecular weight is 485 g/mol. The lowest BCUT2D eigenvalue weighted by molar-refractivity contribution is -0.138. The number of fused-ring (bicyclic) bond motifs is 2. The minimum atomic E-state index is -4.37. The van der Waals surface area contributed by atoms with E-state index >= 15 is 0 Å². The summed E-state index contributed by atoms with van der Waals surface area (Å²) in [5.41, 5.74) is 0.586. The molecule has 4 aliphatic rings. The summed E-state index contributed by atoms with van der Waals surface area (Å²) < 4.78 is 39.8. The van der Waals surface area contributed by atoms with E-state index in [9.17, 15) is 18.0 Å². The average Bonchev–Trinajstić information content (AvgIpc) is 3.40. The summed E-state index contributed by atoms with van der Waals surface area (Å²) in [6.45, 7) is 4.47. The van der Waals surface area contributed by atoms with Crippen molar-refractivity contribution in [2.24, 2.45) is 11.3 Å². The SMILES string of the molecule is CC1C2Cc3ccc(C(F)(F)F)cc3CN2C(=O)C12CCC(N1CCC(c3ncccn3)CC1)C2. The van der Waals surface area contributed by atoms with Crippen LogP contribution in [-0.2, 0) is 23.9 Å². The van der Waals surface area contributed by atoms with Gasteiger partial charge in [0.1, 0.15) is 5.82 Å². The number of nitrogens with zero attached hydrogens (tertiary/aromatic N) is 4.